The summed E-state index contributed by atoms with van der Waals surface area (Å²) in [6.45, 7) is 0. The highest BCUT2D eigenvalue weighted by atomic mass is 16.3. The first-order valence-electron chi connectivity index (χ1n) is 9.90. The number of benzene rings is 4. The zero-order chi connectivity index (χ0) is 21.6. The van der Waals surface area contributed by atoms with Crippen LogP contribution in [0.25, 0.3) is 10.8 Å². The Bertz CT molecular complexity index is 1210. The normalized spacial score (nSPS) is 11.6. The maximum absolute atomic E-state index is 13.1. The molecule has 1 amide bonds. The predicted molar refractivity (Wildman–Crippen MR) is 124 cm³/mol. The van der Waals surface area contributed by atoms with Crippen LogP contribution in [0.1, 0.15) is 5.56 Å². The average molecular weight is 411 g/mol. The molecule has 0 saturated carbocycles. The second-order valence-electron chi connectivity index (χ2n) is 7.17. The lowest BCUT2D eigenvalue weighted by atomic mass is 10.0. The number of carbonyl (C=O) groups excluding carboxylic acids is 1. The van der Waals surface area contributed by atoms with E-state index in [1.54, 1.807) is 36.4 Å². The summed E-state index contributed by atoms with van der Waals surface area (Å²) in [5, 5.41) is 21.0. The molecule has 0 bridgehead atoms. The van der Waals surface area contributed by atoms with Gasteiger partial charge in [-0.05, 0) is 28.9 Å². The van der Waals surface area contributed by atoms with Gasteiger partial charge in [0.25, 0.3) is 0 Å². The number of rotatable bonds is 7. The van der Waals surface area contributed by atoms with Gasteiger partial charge in [-0.25, -0.2) is 0 Å². The molecule has 0 unspecified atom stereocenters. The summed E-state index contributed by atoms with van der Waals surface area (Å²) in [6, 6.07) is 26.5. The summed E-state index contributed by atoms with van der Waals surface area (Å²) in [5.74, 6) is -0.295. The number of fused-ring (bicyclic) bond motifs is 1. The molecule has 3 N–H and O–H groups in total. The van der Waals surface area contributed by atoms with Gasteiger partial charge in [-0.15, -0.1) is 4.91 Å². The first-order chi connectivity index (χ1) is 15.2. The minimum atomic E-state index is -0.700. The van der Waals surface area contributed by atoms with Gasteiger partial charge in [0, 0.05) is 22.9 Å². The molecule has 31 heavy (non-hydrogen) atoms. The summed E-state index contributed by atoms with van der Waals surface area (Å²) < 4.78 is 0. The van der Waals surface area contributed by atoms with Gasteiger partial charge in [0.1, 0.15) is 17.5 Å². The van der Waals surface area contributed by atoms with Crippen LogP contribution in [-0.2, 0) is 11.2 Å². The van der Waals surface area contributed by atoms with Crippen LogP contribution in [0.3, 0.4) is 0 Å². The third kappa shape index (κ3) is 4.53. The van der Waals surface area contributed by atoms with Gasteiger partial charge in [-0.2, -0.15) is 0 Å². The quantitative estimate of drug-likeness (QED) is 0.272. The van der Waals surface area contributed by atoms with Gasteiger partial charge >= 0.3 is 0 Å². The summed E-state index contributed by atoms with van der Waals surface area (Å²) in [4.78, 5) is 24.5. The van der Waals surface area contributed by atoms with Crippen molar-refractivity contribution in [2.75, 3.05) is 10.6 Å². The number of amides is 1. The Labute approximate surface area is 179 Å². The minimum Gasteiger partial charge on any atom is -0.505 e. The summed E-state index contributed by atoms with van der Waals surface area (Å²) >= 11 is 0. The van der Waals surface area contributed by atoms with E-state index in [0.717, 1.165) is 5.56 Å². The van der Waals surface area contributed by atoms with Gasteiger partial charge in [-0.1, -0.05) is 72.8 Å². The SMILES string of the molecule is O=Nc1cc(N[C@H](Cc2ccccc2)C(=O)Nc2ccccc2)c(O)c2ccccc12. The molecule has 4 aromatic rings. The molecule has 0 aromatic heterocycles. The second-order valence-corrected chi connectivity index (χ2v) is 7.17. The molecule has 1 atom stereocenters. The van der Waals surface area contributed by atoms with Crippen molar-refractivity contribution in [2.45, 2.75) is 12.5 Å². The Morgan fingerprint density at radius 2 is 1.48 bits per heavy atom. The van der Waals surface area contributed by atoms with E-state index in [4.69, 9.17) is 0 Å². The van der Waals surface area contributed by atoms with Crippen molar-refractivity contribution in [3.8, 4) is 5.75 Å². The number of aromatic hydroxyl groups is 1. The van der Waals surface area contributed by atoms with Crippen molar-refractivity contribution in [3.05, 3.63) is 101 Å². The molecule has 0 spiro atoms. The number of nitrogens with zero attached hydrogens (tertiary/aromatic N) is 1. The van der Waals surface area contributed by atoms with Gasteiger partial charge in [0.15, 0.2) is 0 Å². The summed E-state index contributed by atoms with van der Waals surface area (Å²) in [6.07, 6.45) is 0.385. The minimum absolute atomic E-state index is 0.0337. The molecule has 4 rings (SSSR count). The van der Waals surface area contributed by atoms with Crippen molar-refractivity contribution in [3.63, 3.8) is 0 Å². The van der Waals surface area contributed by atoms with Crippen LogP contribution >= 0.6 is 0 Å². The van der Waals surface area contributed by atoms with Gasteiger partial charge in [-0.3, -0.25) is 4.79 Å². The lowest BCUT2D eigenvalue weighted by molar-refractivity contribution is -0.116. The number of nitrogens with one attached hydrogen (secondary N) is 2. The summed E-state index contributed by atoms with van der Waals surface area (Å²) in [7, 11) is 0. The van der Waals surface area contributed by atoms with Crippen LogP contribution < -0.4 is 10.6 Å². The number of hydrogen-bond donors (Lipinski definition) is 3. The van der Waals surface area contributed by atoms with Crippen LogP contribution in [0, 0.1) is 4.91 Å². The third-order valence-corrected chi connectivity index (χ3v) is 5.06. The zero-order valence-electron chi connectivity index (χ0n) is 16.7. The first kappa shape index (κ1) is 20.1. The van der Waals surface area contributed by atoms with Crippen molar-refractivity contribution < 1.29 is 9.90 Å². The Hall–Kier alpha value is -4.19. The van der Waals surface area contributed by atoms with Crippen molar-refractivity contribution in [1.29, 1.82) is 0 Å². The van der Waals surface area contributed by atoms with E-state index >= 15 is 0 Å². The molecular formula is C25H21N3O3. The molecular weight excluding hydrogens is 390 g/mol. The van der Waals surface area contributed by atoms with Crippen LogP contribution in [0.2, 0.25) is 0 Å². The Morgan fingerprint density at radius 1 is 0.871 bits per heavy atom. The van der Waals surface area contributed by atoms with Gasteiger partial charge < -0.3 is 15.7 Å². The fourth-order valence-corrected chi connectivity index (χ4v) is 3.52. The number of anilines is 2. The molecule has 0 aliphatic carbocycles. The number of phenols is 1. The average Bonchev–Trinajstić information content (AvgIpc) is 2.81. The van der Waals surface area contributed by atoms with E-state index in [1.165, 1.54) is 6.07 Å². The lowest BCUT2D eigenvalue weighted by Crippen LogP contribution is -2.36. The van der Waals surface area contributed by atoms with Gasteiger partial charge in [0.05, 0.1) is 5.69 Å². The molecule has 154 valence electrons. The Morgan fingerprint density at radius 3 is 2.16 bits per heavy atom. The van der Waals surface area contributed by atoms with Crippen LogP contribution in [0.15, 0.2) is 96.2 Å². The summed E-state index contributed by atoms with van der Waals surface area (Å²) in [5.41, 5.74) is 2.10. The molecule has 4 aromatic carbocycles. The molecule has 0 fully saturated rings. The number of nitroso groups, excluding NO2 is 1. The van der Waals surface area contributed by atoms with Crippen LogP contribution in [0.5, 0.6) is 5.75 Å². The molecule has 0 heterocycles. The molecule has 0 aliphatic heterocycles. The maximum Gasteiger partial charge on any atom is 0.247 e. The number of hydrogen-bond acceptors (Lipinski definition) is 5. The molecule has 0 saturated heterocycles. The fraction of sp³-hybridized carbons (Fsp3) is 0.0800. The fourth-order valence-electron chi connectivity index (χ4n) is 3.52. The standard InChI is InChI=1S/C25H21N3O3/c29-24-20-14-8-7-13-19(20)21(28-31)16-22(24)27-23(15-17-9-3-1-4-10-17)25(30)26-18-11-5-2-6-12-18/h1-14,16,23,27,29H,15H2,(H,26,30)/t23-/m1/s1. The molecule has 0 aliphatic rings. The zero-order valence-corrected chi connectivity index (χ0v) is 16.7. The number of phenolic OH excluding ortho intramolecular Hbond substituents is 1. The van der Waals surface area contributed by atoms with Crippen molar-refractivity contribution in [2.24, 2.45) is 5.18 Å². The van der Waals surface area contributed by atoms with Crippen molar-refractivity contribution >= 4 is 33.7 Å². The van der Waals surface area contributed by atoms with Crippen molar-refractivity contribution in [1.82, 2.24) is 0 Å². The highest BCUT2D eigenvalue weighted by Crippen LogP contribution is 2.39. The topological polar surface area (TPSA) is 90.8 Å². The Balaban J connectivity index is 1.69. The van der Waals surface area contributed by atoms with Gasteiger partial charge in [0.2, 0.25) is 5.91 Å². The highest BCUT2D eigenvalue weighted by Gasteiger charge is 2.22. The smallest absolute Gasteiger partial charge is 0.247 e. The largest absolute Gasteiger partial charge is 0.505 e. The molecule has 0 radical (unpaired) electrons. The molecule has 6 nitrogen and oxygen atoms in total. The predicted octanol–water partition coefficient (Wildman–Crippen LogP) is 5.61. The van der Waals surface area contributed by atoms with Crippen LogP contribution in [-0.4, -0.2) is 17.1 Å². The number of carbonyl (C=O) groups is 1. The third-order valence-electron chi connectivity index (χ3n) is 5.06. The monoisotopic (exact) mass is 411 g/mol. The second kappa shape index (κ2) is 9.09. The number of para-hydroxylation sites is 1. The molecule has 6 heteroatoms. The maximum atomic E-state index is 13.1. The lowest BCUT2D eigenvalue weighted by Gasteiger charge is -2.21. The van der Waals surface area contributed by atoms with Crippen LogP contribution in [0.4, 0.5) is 17.1 Å². The van der Waals surface area contributed by atoms with E-state index < -0.39 is 6.04 Å². The van der Waals surface area contributed by atoms with E-state index in [1.807, 2.05) is 48.5 Å². The Kier molecular flexibility index (Phi) is 5.89. The van der Waals surface area contributed by atoms with E-state index in [2.05, 4.69) is 15.8 Å². The van der Waals surface area contributed by atoms with E-state index in [9.17, 15) is 14.8 Å². The van der Waals surface area contributed by atoms with E-state index in [-0.39, 0.29) is 23.0 Å². The first-order valence-corrected chi connectivity index (χ1v) is 9.90. The van der Waals surface area contributed by atoms with E-state index in [0.29, 0.717) is 22.9 Å². The highest BCUT2D eigenvalue weighted by molar-refractivity contribution is 6.02.